The van der Waals surface area contributed by atoms with Crippen LogP contribution in [0, 0.1) is 0 Å². The maximum Gasteiger partial charge on any atom is 0.193 e. The summed E-state index contributed by atoms with van der Waals surface area (Å²) in [6.07, 6.45) is 2.10. The van der Waals surface area contributed by atoms with Crippen LogP contribution in [0.3, 0.4) is 0 Å². The van der Waals surface area contributed by atoms with E-state index >= 15 is 0 Å². The van der Waals surface area contributed by atoms with Crippen LogP contribution in [0.25, 0.3) is 0 Å². The van der Waals surface area contributed by atoms with E-state index in [1.54, 1.807) is 7.11 Å². The van der Waals surface area contributed by atoms with Crippen molar-refractivity contribution < 1.29 is 4.74 Å². The van der Waals surface area contributed by atoms with Gasteiger partial charge in [0.1, 0.15) is 5.75 Å². The maximum absolute atomic E-state index is 5.37. The molecule has 1 heterocycles. The first-order valence-corrected chi connectivity index (χ1v) is 9.76. The summed E-state index contributed by atoms with van der Waals surface area (Å²) in [5.74, 6) is 2.14. The van der Waals surface area contributed by atoms with Gasteiger partial charge in [-0.05, 0) is 23.6 Å². The Morgan fingerprint density at radius 3 is 2.62 bits per heavy atom. The molecule has 0 saturated heterocycles. The van der Waals surface area contributed by atoms with Crippen molar-refractivity contribution in [1.82, 2.24) is 20.0 Å². The number of hydrogen-bond acceptors (Lipinski definition) is 3. The third-order valence-electron chi connectivity index (χ3n) is 5.00. The van der Waals surface area contributed by atoms with Crippen LogP contribution in [0.15, 0.2) is 35.5 Å². The Labute approximate surface area is 192 Å². The number of guanidine groups is 1. The number of hydrogen-bond donors (Lipinski definition) is 1. The van der Waals surface area contributed by atoms with E-state index in [-0.39, 0.29) is 29.4 Å². The van der Waals surface area contributed by atoms with Gasteiger partial charge in [0, 0.05) is 51.4 Å². The molecule has 0 radical (unpaired) electrons. The highest BCUT2D eigenvalue weighted by atomic mass is 127. The average molecular weight is 513 g/mol. The lowest BCUT2D eigenvalue weighted by atomic mass is 9.84. The van der Waals surface area contributed by atoms with Gasteiger partial charge in [0.05, 0.1) is 12.8 Å². The van der Waals surface area contributed by atoms with Gasteiger partial charge in [0.2, 0.25) is 0 Å². The summed E-state index contributed by atoms with van der Waals surface area (Å²) in [7, 11) is 7.55. The molecular formula is C22H36IN5O. The molecule has 0 spiro atoms. The molecule has 1 aromatic carbocycles. The van der Waals surface area contributed by atoms with Crippen LogP contribution in [0.4, 0.5) is 0 Å². The lowest BCUT2D eigenvalue weighted by Gasteiger charge is -2.29. The van der Waals surface area contributed by atoms with Crippen molar-refractivity contribution in [2.45, 2.75) is 45.6 Å². The van der Waals surface area contributed by atoms with E-state index in [9.17, 15) is 0 Å². The van der Waals surface area contributed by atoms with Gasteiger partial charge in [0.15, 0.2) is 5.96 Å². The van der Waals surface area contributed by atoms with Gasteiger partial charge in [-0.3, -0.25) is 9.67 Å². The van der Waals surface area contributed by atoms with Gasteiger partial charge in [-0.25, -0.2) is 0 Å². The first-order chi connectivity index (χ1) is 13.2. The number of halogens is 1. The van der Waals surface area contributed by atoms with E-state index in [0.29, 0.717) is 5.92 Å². The molecule has 0 aliphatic heterocycles. The fourth-order valence-corrected chi connectivity index (χ4v) is 3.32. The third kappa shape index (κ3) is 6.62. The molecule has 0 saturated carbocycles. The minimum Gasteiger partial charge on any atom is -0.497 e. The predicted molar refractivity (Wildman–Crippen MR) is 132 cm³/mol. The van der Waals surface area contributed by atoms with E-state index in [1.165, 1.54) is 11.1 Å². The highest BCUT2D eigenvalue weighted by molar-refractivity contribution is 14.0. The molecule has 0 unspecified atom stereocenters. The van der Waals surface area contributed by atoms with E-state index in [4.69, 9.17) is 4.74 Å². The molecule has 2 rings (SSSR count). The molecule has 7 heteroatoms. The Hall–Kier alpha value is -1.77. The monoisotopic (exact) mass is 513 g/mol. The summed E-state index contributed by atoms with van der Waals surface area (Å²) in [5, 5.41) is 8.14. The fourth-order valence-electron chi connectivity index (χ4n) is 3.32. The second kappa shape index (κ2) is 10.8. The largest absolute Gasteiger partial charge is 0.497 e. The quantitative estimate of drug-likeness (QED) is 0.344. The number of benzene rings is 1. The lowest BCUT2D eigenvalue weighted by molar-refractivity contribution is 0.410. The van der Waals surface area contributed by atoms with Crippen molar-refractivity contribution in [2.24, 2.45) is 12.0 Å². The van der Waals surface area contributed by atoms with Crippen LogP contribution in [0.2, 0.25) is 0 Å². The second-order valence-corrected chi connectivity index (χ2v) is 8.24. The Morgan fingerprint density at radius 2 is 2.03 bits per heavy atom. The Kier molecular flexibility index (Phi) is 9.45. The molecule has 2 aromatic rings. The first-order valence-electron chi connectivity index (χ1n) is 9.76. The molecule has 0 atom stereocenters. The van der Waals surface area contributed by atoms with Crippen molar-refractivity contribution in [3.05, 3.63) is 47.3 Å². The molecule has 1 N–H and O–H groups in total. The van der Waals surface area contributed by atoms with E-state index in [0.717, 1.165) is 30.5 Å². The topological polar surface area (TPSA) is 54.7 Å². The number of methoxy groups -OCH3 is 1. The zero-order valence-corrected chi connectivity index (χ0v) is 21.3. The summed E-state index contributed by atoms with van der Waals surface area (Å²) in [5.41, 5.74) is 3.53. The van der Waals surface area contributed by atoms with Crippen LogP contribution in [0.1, 0.15) is 50.4 Å². The standard InChI is InChI=1S/C22H35N5O.HI/c1-16(2)20-17(14-27(7)25-20)13-26(6)21(23-5)24-15-22(3,4)18-10-9-11-19(12-18)28-8;/h9-12,14,16H,13,15H2,1-8H3,(H,23,24);1H. The minimum absolute atomic E-state index is 0. The zero-order chi connectivity index (χ0) is 20.9. The van der Waals surface area contributed by atoms with Gasteiger partial charge in [0.25, 0.3) is 0 Å². The molecule has 0 amide bonds. The van der Waals surface area contributed by atoms with Crippen LogP contribution in [-0.2, 0) is 19.0 Å². The summed E-state index contributed by atoms with van der Waals surface area (Å²) >= 11 is 0. The van der Waals surface area contributed by atoms with Crippen molar-refractivity contribution in [3.8, 4) is 5.75 Å². The van der Waals surface area contributed by atoms with Gasteiger partial charge >= 0.3 is 0 Å². The number of aryl methyl sites for hydroxylation is 1. The van der Waals surface area contributed by atoms with Gasteiger partial charge in [-0.2, -0.15) is 5.10 Å². The van der Waals surface area contributed by atoms with E-state index in [1.807, 2.05) is 30.9 Å². The van der Waals surface area contributed by atoms with Crippen molar-refractivity contribution in [2.75, 3.05) is 27.7 Å². The highest BCUT2D eigenvalue weighted by Gasteiger charge is 2.23. The molecule has 0 bridgehead atoms. The fraction of sp³-hybridized carbons (Fsp3) is 0.545. The molecule has 0 fully saturated rings. The molecule has 0 aliphatic rings. The van der Waals surface area contributed by atoms with E-state index < -0.39 is 0 Å². The number of nitrogens with one attached hydrogen (secondary N) is 1. The summed E-state index contributed by atoms with van der Waals surface area (Å²) < 4.78 is 7.26. The molecule has 1 aromatic heterocycles. The lowest BCUT2D eigenvalue weighted by Crippen LogP contribution is -2.44. The van der Waals surface area contributed by atoms with Gasteiger partial charge in [-0.1, -0.05) is 39.8 Å². The highest BCUT2D eigenvalue weighted by Crippen LogP contribution is 2.26. The van der Waals surface area contributed by atoms with Crippen molar-refractivity contribution >= 4 is 29.9 Å². The van der Waals surface area contributed by atoms with Gasteiger partial charge < -0.3 is 15.0 Å². The summed E-state index contributed by atoms with van der Waals surface area (Å²) in [6, 6.07) is 8.24. The van der Waals surface area contributed by atoms with Crippen LogP contribution in [-0.4, -0.2) is 48.4 Å². The number of aromatic nitrogens is 2. The number of aliphatic imine (C=N–C) groups is 1. The smallest absolute Gasteiger partial charge is 0.193 e. The van der Waals surface area contributed by atoms with Gasteiger partial charge in [-0.15, -0.1) is 24.0 Å². The van der Waals surface area contributed by atoms with Crippen LogP contribution < -0.4 is 10.1 Å². The maximum atomic E-state index is 5.37. The normalized spacial score (nSPS) is 12.0. The van der Waals surface area contributed by atoms with E-state index in [2.05, 4.69) is 73.4 Å². The number of ether oxygens (including phenoxy) is 1. The Bertz CT molecular complexity index is 813. The predicted octanol–water partition coefficient (Wildman–Crippen LogP) is 4.16. The van der Waals surface area contributed by atoms with Crippen LogP contribution in [0.5, 0.6) is 5.75 Å². The summed E-state index contributed by atoms with van der Waals surface area (Å²) in [4.78, 5) is 6.62. The zero-order valence-electron chi connectivity index (χ0n) is 19.0. The molecule has 0 aliphatic carbocycles. The molecule has 162 valence electrons. The second-order valence-electron chi connectivity index (χ2n) is 8.24. The third-order valence-corrected chi connectivity index (χ3v) is 5.00. The first kappa shape index (κ1) is 25.3. The van der Waals surface area contributed by atoms with Crippen molar-refractivity contribution in [1.29, 1.82) is 0 Å². The SMILES string of the molecule is CN=C(NCC(C)(C)c1cccc(OC)c1)N(C)Cc1cn(C)nc1C(C)C.I. The minimum atomic E-state index is -0.0668. The molecular weight excluding hydrogens is 477 g/mol. The molecule has 29 heavy (non-hydrogen) atoms. The van der Waals surface area contributed by atoms with Crippen molar-refractivity contribution in [3.63, 3.8) is 0 Å². The molecule has 6 nitrogen and oxygen atoms in total. The van der Waals surface area contributed by atoms with Crippen LogP contribution >= 0.6 is 24.0 Å². The summed E-state index contributed by atoms with van der Waals surface area (Å²) in [6.45, 7) is 10.3. The Morgan fingerprint density at radius 1 is 1.34 bits per heavy atom. The average Bonchev–Trinajstić information content (AvgIpc) is 3.02. The number of nitrogens with zero attached hydrogens (tertiary/aromatic N) is 4. The number of rotatable bonds is 7. The Balaban J connectivity index is 0.00000420.